The number of nitrogens with one attached hydrogen (secondary N) is 4. The normalized spacial score (nSPS) is 18.4. The SMILES string of the molecule is Nc1ccc(S(=O)(=O)NC2=NCCCOCCOCCCNC(NS(=O)(=O)c3ccc(N)cc3)=NCCCOCCCCCNC2)cc1. The van der Waals surface area contributed by atoms with Crippen molar-refractivity contribution in [3.63, 3.8) is 0 Å². The Morgan fingerprint density at radius 3 is 1.73 bits per heavy atom. The van der Waals surface area contributed by atoms with Crippen LogP contribution in [0.1, 0.15) is 38.5 Å². The van der Waals surface area contributed by atoms with Crippen molar-refractivity contribution in [3.05, 3.63) is 48.5 Å². The molecule has 0 unspecified atom stereocenters. The number of sulfonamides is 2. The van der Waals surface area contributed by atoms with E-state index in [0.29, 0.717) is 102 Å². The van der Waals surface area contributed by atoms with Crippen molar-refractivity contribution in [2.24, 2.45) is 9.98 Å². The molecule has 17 heteroatoms. The van der Waals surface area contributed by atoms with E-state index in [1.54, 1.807) is 12.1 Å². The monoisotopic (exact) mass is 710 g/mol. The molecule has 268 valence electrons. The molecule has 0 radical (unpaired) electrons. The lowest BCUT2D eigenvalue weighted by atomic mass is 10.2. The fraction of sp³-hybridized carbons (Fsp3) is 0.548. The predicted octanol–water partition coefficient (Wildman–Crippen LogP) is 1.45. The summed E-state index contributed by atoms with van der Waals surface area (Å²) in [5.74, 6) is 0.491. The molecule has 48 heavy (non-hydrogen) atoms. The third kappa shape index (κ3) is 15.6. The van der Waals surface area contributed by atoms with E-state index >= 15 is 0 Å². The summed E-state index contributed by atoms with van der Waals surface area (Å²) in [5, 5.41) is 6.34. The van der Waals surface area contributed by atoms with Gasteiger partial charge in [-0.25, -0.2) is 21.6 Å². The predicted molar refractivity (Wildman–Crippen MR) is 188 cm³/mol. The zero-order valence-corrected chi connectivity index (χ0v) is 29.0. The van der Waals surface area contributed by atoms with Gasteiger partial charge < -0.3 is 36.3 Å². The van der Waals surface area contributed by atoms with Gasteiger partial charge in [0.05, 0.1) is 29.5 Å². The first-order chi connectivity index (χ1) is 23.2. The first-order valence-electron chi connectivity index (χ1n) is 16.2. The van der Waals surface area contributed by atoms with E-state index in [1.807, 2.05) is 0 Å². The van der Waals surface area contributed by atoms with Crippen LogP contribution in [0.4, 0.5) is 11.4 Å². The van der Waals surface area contributed by atoms with Crippen molar-refractivity contribution in [3.8, 4) is 0 Å². The maximum absolute atomic E-state index is 12.9. The van der Waals surface area contributed by atoms with Gasteiger partial charge in [-0.3, -0.25) is 14.7 Å². The molecular weight excluding hydrogens is 661 g/mol. The average Bonchev–Trinajstić information content (AvgIpc) is 3.05. The number of nitrogen functional groups attached to an aromatic ring is 2. The van der Waals surface area contributed by atoms with Gasteiger partial charge in [0.15, 0.2) is 0 Å². The molecule has 0 bridgehead atoms. The van der Waals surface area contributed by atoms with Crippen LogP contribution in [0.15, 0.2) is 68.3 Å². The number of hydrogen-bond donors (Lipinski definition) is 6. The summed E-state index contributed by atoms with van der Waals surface area (Å²) in [7, 11) is -7.66. The van der Waals surface area contributed by atoms with E-state index in [9.17, 15) is 16.8 Å². The highest BCUT2D eigenvalue weighted by Crippen LogP contribution is 2.12. The lowest BCUT2D eigenvalue weighted by Crippen LogP contribution is -2.41. The molecule has 8 N–H and O–H groups in total. The number of amidine groups is 1. The minimum absolute atomic E-state index is 0.0882. The number of nitrogens with zero attached hydrogens (tertiary/aromatic N) is 2. The fourth-order valence-electron chi connectivity index (χ4n) is 4.32. The maximum Gasteiger partial charge on any atom is 0.264 e. The first kappa shape index (κ1) is 39.0. The van der Waals surface area contributed by atoms with E-state index in [4.69, 9.17) is 25.7 Å². The fourth-order valence-corrected chi connectivity index (χ4v) is 6.39. The van der Waals surface area contributed by atoms with Crippen LogP contribution >= 0.6 is 0 Å². The maximum atomic E-state index is 12.9. The number of nitrogens with two attached hydrogens (primary N) is 2. The second-order valence-corrected chi connectivity index (χ2v) is 14.3. The summed E-state index contributed by atoms with van der Waals surface area (Å²) in [6, 6.07) is 12.0. The van der Waals surface area contributed by atoms with Gasteiger partial charge in [-0.05, 0) is 93.6 Å². The van der Waals surface area contributed by atoms with Crippen LogP contribution in [0.25, 0.3) is 0 Å². The van der Waals surface area contributed by atoms with Crippen LogP contribution in [0, 0.1) is 0 Å². The number of ether oxygens (including phenoxy) is 3. The largest absolute Gasteiger partial charge is 0.399 e. The van der Waals surface area contributed by atoms with Crippen molar-refractivity contribution in [1.29, 1.82) is 0 Å². The van der Waals surface area contributed by atoms with E-state index in [2.05, 4.69) is 30.1 Å². The van der Waals surface area contributed by atoms with Crippen molar-refractivity contribution < 1.29 is 31.0 Å². The van der Waals surface area contributed by atoms with Crippen LogP contribution in [0.3, 0.4) is 0 Å². The van der Waals surface area contributed by atoms with Crippen LogP contribution in [-0.4, -0.2) is 101 Å². The lowest BCUT2D eigenvalue weighted by molar-refractivity contribution is 0.0469. The molecule has 3 rings (SSSR count). The summed E-state index contributed by atoms with van der Waals surface area (Å²) >= 11 is 0. The van der Waals surface area contributed by atoms with Crippen molar-refractivity contribution in [2.75, 3.05) is 83.8 Å². The Labute approximate surface area is 284 Å². The van der Waals surface area contributed by atoms with Crippen LogP contribution < -0.4 is 31.5 Å². The standard InChI is InChI=1S/C31H50N8O7S2/c32-26-7-11-28(12-8-26)47(40,41)38-30-25-34-15-2-1-3-19-44-20-5-17-36-31(39-48(42,43)29-13-9-27(33)10-14-29)37-18-6-22-46-24-23-45-21-4-16-35-30/h7-14,34H,1-6,15-25,32-33H2,(H,35,38)(H2,36,37,39). The third-order valence-electron chi connectivity index (χ3n) is 6.89. The van der Waals surface area contributed by atoms with Gasteiger partial charge in [-0.1, -0.05) is 0 Å². The molecule has 0 saturated carbocycles. The molecule has 1 aliphatic rings. The second kappa shape index (κ2) is 21.5. The Morgan fingerprint density at radius 2 is 1.10 bits per heavy atom. The number of aliphatic imine (C=N–C) groups is 2. The molecule has 0 amide bonds. The molecule has 1 heterocycles. The Kier molecular flexibility index (Phi) is 17.4. The topological polar surface area (TPSA) is 221 Å². The van der Waals surface area contributed by atoms with Crippen LogP contribution in [-0.2, 0) is 34.3 Å². The highest BCUT2D eigenvalue weighted by atomic mass is 32.2. The lowest BCUT2D eigenvalue weighted by Gasteiger charge is -2.14. The highest BCUT2D eigenvalue weighted by Gasteiger charge is 2.17. The van der Waals surface area contributed by atoms with Gasteiger partial charge in [0.1, 0.15) is 5.84 Å². The van der Waals surface area contributed by atoms with Gasteiger partial charge in [0.25, 0.3) is 20.0 Å². The molecule has 0 fully saturated rings. The van der Waals surface area contributed by atoms with Gasteiger partial charge in [-0.2, -0.15) is 0 Å². The van der Waals surface area contributed by atoms with Gasteiger partial charge in [0, 0.05) is 57.4 Å². The van der Waals surface area contributed by atoms with E-state index in [-0.39, 0.29) is 22.3 Å². The molecule has 0 atom stereocenters. The number of rotatable bonds is 4. The Balaban J connectivity index is 1.50. The summed E-state index contributed by atoms with van der Waals surface area (Å²) in [5.41, 5.74) is 12.4. The molecule has 0 spiro atoms. The zero-order valence-electron chi connectivity index (χ0n) is 27.4. The Bertz CT molecular complexity index is 1370. The average molecular weight is 711 g/mol. The smallest absolute Gasteiger partial charge is 0.264 e. The molecule has 0 aliphatic carbocycles. The number of anilines is 2. The summed E-state index contributed by atoms with van der Waals surface area (Å²) in [6.45, 7) is 4.90. The molecule has 0 aromatic heterocycles. The first-order valence-corrected chi connectivity index (χ1v) is 19.1. The molecule has 15 nitrogen and oxygen atoms in total. The summed E-state index contributed by atoms with van der Waals surface area (Å²) < 4.78 is 73.8. The van der Waals surface area contributed by atoms with Gasteiger partial charge in [0.2, 0.25) is 5.96 Å². The Hall–Kier alpha value is -3.48. The summed E-state index contributed by atoms with van der Waals surface area (Å²) in [4.78, 5) is 9.13. The van der Waals surface area contributed by atoms with Crippen molar-refractivity contribution >= 4 is 43.2 Å². The number of guanidine groups is 1. The number of hydrogen-bond acceptors (Lipinski definition) is 13. The quantitative estimate of drug-likeness (QED) is 0.249. The number of benzene rings is 2. The van der Waals surface area contributed by atoms with Gasteiger partial charge in [-0.15, -0.1) is 0 Å². The molecule has 2 aromatic rings. The molecule has 2 aromatic carbocycles. The minimum atomic E-state index is -3.85. The highest BCUT2D eigenvalue weighted by molar-refractivity contribution is 7.90. The van der Waals surface area contributed by atoms with Gasteiger partial charge >= 0.3 is 0 Å². The molecular formula is C31H50N8O7S2. The second-order valence-electron chi connectivity index (χ2n) is 11.0. The van der Waals surface area contributed by atoms with E-state index < -0.39 is 20.0 Å². The van der Waals surface area contributed by atoms with Crippen LogP contribution in [0.5, 0.6) is 0 Å². The third-order valence-corrected chi connectivity index (χ3v) is 9.65. The zero-order chi connectivity index (χ0) is 34.5. The molecule has 0 saturated heterocycles. The Morgan fingerprint density at radius 1 is 0.583 bits per heavy atom. The minimum Gasteiger partial charge on any atom is -0.399 e. The van der Waals surface area contributed by atoms with Crippen molar-refractivity contribution in [1.82, 2.24) is 20.1 Å². The van der Waals surface area contributed by atoms with E-state index in [0.717, 1.165) is 19.3 Å². The van der Waals surface area contributed by atoms with Crippen LogP contribution in [0.2, 0.25) is 0 Å². The van der Waals surface area contributed by atoms with Crippen molar-refractivity contribution in [2.45, 2.75) is 48.3 Å². The molecule has 1 aliphatic heterocycles. The van der Waals surface area contributed by atoms with E-state index in [1.165, 1.54) is 36.4 Å². The summed E-state index contributed by atoms with van der Waals surface area (Å²) in [6.07, 6.45) is 4.51.